The zero-order valence-electron chi connectivity index (χ0n) is 8.99. The molecule has 1 aromatic carbocycles. The van der Waals surface area contributed by atoms with Crippen LogP contribution in [0, 0.1) is 28.4 Å². The van der Waals surface area contributed by atoms with Gasteiger partial charge in [-0.25, -0.2) is 4.98 Å². The number of hydrogen-bond donors (Lipinski definition) is 0. The zero-order valence-corrected chi connectivity index (χ0v) is 8.99. The average Bonchev–Trinajstić information content (AvgIpc) is 2.74. The Kier molecular flexibility index (Phi) is 2.58. The van der Waals surface area contributed by atoms with Gasteiger partial charge >= 0.3 is 0 Å². The van der Waals surface area contributed by atoms with E-state index in [1.54, 1.807) is 23.2 Å². The summed E-state index contributed by atoms with van der Waals surface area (Å²) in [6.45, 7) is 1.86. The normalized spacial score (nSPS) is 9.88. The predicted octanol–water partition coefficient (Wildman–Crippen LogP) is 1.96. The summed E-state index contributed by atoms with van der Waals surface area (Å²) in [6.07, 6.45) is 3.27. The SMILES string of the molecule is Cc1cncn1-c1ccc([N+](=O)[O-])c(C#N)c1. The van der Waals surface area contributed by atoms with E-state index in [-0.39, 0.29) is 11.3 Å². The molecule has 0 unspecified atom stereocenters. The number of nitro groups is 1. The van der Waals surface area contributed by atoms with Crippen molar-refractivity contribution in [1.29, 1.82) is 5.26 Å². The summed E-state index contributed by atoms with van der Waals surface area (Å²) in [4.78, 5) is 14.1. The molecule has 2 rings (SSSR count). The third-order valence-electron chi connectivity index (χ3n) is 2.40. The van der Waals surface area contributed by atoms with E-state index in [0.717, 1.165) is 5.69 Å². The van der Waals surface area contributed by atoms with Crippen molar-refractivity contribution in [2.75, 3.05) is 0 Å². The van der Waals surface area contributed by atoms with Crippen molar-refractivity contribution in [3.05, 3.63) is 52.1 Å². The van der Waals surface area contributed by atoms with Crippen molar-refractivity contribution >= 4 is 5.69 Å². The molecule has 1 aromatic heterocycles. The van der Waals surface area contributed by atoms with Gasteiger partial charge in [0.15, 0.2) is 0 Å². The van der Waals surface area contributed by atoms with Gasteiger partial charge in [-0.15, -0.1) is 0 Å². The van der Waals surface area contributed by atoms with Crippen LogP contribution >= 0.6 is 0 Å². The van der Waals surface area contributed by atoms with Crippen molar-refractivity contribution in [2.24, 2.45) is 0 Å². The van der Waals surface area contributed by atoms with Crippen molar-refractivity contribution in [2.45, 2.75) is 6.92 Å². The van der Waals surface area contributed by atoms with E-state index < -0.39 is 4.92 Å². The molecule has 0 amide bonds. The van der Waals surface area contributed by atoms with Crippen LogP contribution in [-0.2, 0) is 0 Å². The molecule has 6 heteroatoms. The fourth-order valence-electron chi connectivity index (χ4n) is 1.55. The highest BCUT2D eigenvalue weighted by molar-refractivity contribution is 5.54. The molecule has 0 saturated carbocycles. The third-order valence-corrected chi connectivity index (χ3v) is 2.40. The molecule has 0 N–H and O–H groups in total. The number of nitro benzene ring substituents is 1. The van der Waals surface area contributed by atoms with Gasteiger partial charge in [-0.05, 0) is 19.1 Å². The van der Waals surface area contributed by atoms with Gasteiger partial charge in [0.1, 0.15) is 11.6 Å². The minimum atomic E-state index is -0.566. The summed E-state index contributed by atoms with van der Waals surface area (Å²) in [7, 11) is 0. The highest BCUT2D eigenvalue weighted by atomic mass is 16.6. The quantitative estimate of drug-likeness (QED) is 0.580. The van der Waals surface area contributed by atoms with Crippen LogP contribution in [0.15, 0.2) is 30.7 Å². The predicted molar refractivity (Wildman–Crippen MR) is 59.7 cm³/mol. The fraction of sp³-hybridized carbons (Fsp3) is 0.0909. The fourth-order valence-corrected chi connectivity index (χ4v) is 1.55. The molecule has 0 radical (unpaired) electrons. The summed E-state index contributed by atoms with van der Waals surface area (Å²) in [5.41, 5.74) is 1.43. The standard InChI is InChI=1S/C11H8N4O2/c1-8-6-13-7-14(8)10-2-3-11(15(16)17)9(4-10)5-12/h2-4,6-7H,1H3. The van der Waals surface area contributed by atoms with Crippen LogP contribution in [0.5, 0.6) is 0 Å². The summed E-state index contributed by atoms with van der Waals surface area (Å²) in [5.74, 6) is 0. The number of benzene rings is 1. The van der Waals surface area contributed by atoms with Crippen molar-refractivity contribution in [3.63, 3.8) is 0 Å². The Morgan fingerprint density at radius 1 is 1.53 bits per heavy atom. The first-order chi connectivity index (χ1) is 8.13. The molecular weight excluding hydrogens is 220 g/mol. The maximum absolute atomic E-state index is 10.7. The van der Waals surface area contributed by atoms with Crippen molar-refractivity contribution in [1.82, 2.24) is 9.55 Å². The molecule has 17 heavy (non-hydrogen) atoms. The Morgan fingerprint density at radius 2 is 2.29 bits per heavy atom. The van der Waals surface area contributed by atoms with Gasteiger partial charge in [0.25, 0.3) is 5.69 Å². The minimum Gasteiger partial charge on any atom is -0.304 e. The second-order valence-electron chi connectivity index (χ2n) is 3.48. The lowest BCUT2D eigenvalue weighted by atomic mass is 10.1. The Hall–Kier alpha value is -2.68. The lowest BCUT2D eigenvalue weighted by Crippen LogP contribution is -1.98. The van der Waals surface area contributed by atoms with E-state index in [4.69, 9.17) is 5.26 Å². The van der Waals surface area contributed by atoms with Crippen LogP contribution < -0.4 is 0 Å². The molecule has 0 aliphatic carbocycles. The molecule has 0 atom stereocenters. The molecular formula is C11H8N4O2. The summed E-state index contributed by atoms with van der Waals surface area (Å²) >= 11 is 0. The minimum absolute atomic E-state index is 0.0422. The van der Waals surface area contributed by atoms with Crippen LogP contribution in [0.25, 0.3) is 5.69 Å². The second kappa shape index (κ2) is 4.06. The lowest BCUT2D eigenvalue weighted by Gasteiger charge is -2.05. The Morgan fingerprint density at radius 3 is 2.82 bits per heavy atom. The van der Waals surface area contributed by atoms with Gasteiger partial charge in [-0.3, -0.25) is 10.1 Å². The van der Waals surface area contributed by atoms with Gasteiger partial charge in [0, 0.05) is 23.6 Å². The summed E-state index contributed by atoms with van der Waals surface area (Å²) < 4.78 is 1.75. The van der Waals surface area contributed by atoms with Gasteiger partial charge in [-0.1, -0.05) is 0 Å². The molecule has 2 aromatic rings. The van der Waals surface area contributed by atoms with Gasteiger partial charge in [0.05, 0.1) is 11.3 Å². The molecule has 0 spiro atoms. The van der Waals surface area contributed by atoms with E-state index in [1.807, 2.05) is 13.0 Å². The maximum Gasteiger partial charge on any atom is 0.287 e. The average molecular weight is 228 g/mol. The van der Waals surface area contributed by atoms with Crippen molar-refractivity contribution in [3.8, 4) is 11.8 Å². The van der Waals surface area contributed by atoms with Crippen LogP contribution in [0.3, 0.4) is 0 Å². The van der Waals surface area contributed by atoms with Gasteiger partial charge in [-0.2, -0.15) is 5.26 Å². The smallest absolute Gasteiger partial charge is 0.287 e. The number of aryl methyl sites for hydroxylation is 1. The van der Waals surface area contributed by atoms with Crippen LogP contribution in [-0.4, -0.2) is 14.5 Å². The molecule has 0 aliphatic rings. The van der Waals surface area contributed by atoms with Gasteiger partial charge in [0.2, 0.25) is 0 Å². The molecule has 0 saturated heterocycles. The highest BCUT2D eigenvalue weighted by Gasteiger charge is 2.14. The van der Waals surface area contributed by atoms with Crippen molar-refractivity contribution < 1.29 is 4.92 Å². The van der Waals surface area contributed by atoms with Crippen LogP contribution in [0.1, 0.15) is 11.3 Å². The first-order valence-electron chi connectivity index (χ1n) is 4.81. The Balaban J connectivity index is 2.58. The maximum atomic E-state index is 10.7. The third kappa shape index (κ3) is 1.86. The van der Waals surface area contributed by atoms with E-state index >= 15 is 0 Å². The number of rotatable bonds is 2. The summed E-state index contributed by atoms with van der Waals surface area (Å²) in [5, 5.41) is 19.6. The molecule has 6 nitrogen and oxygen atoms in total. The van der Waals surface area contributed by atoms with Gasteiger partial charge < -0.3 is 4.57 Å². The zero-order chi connectivity index (χ0) is 12.4. The van der Waals surface area contributed by atoms with Crippen LogP contribution in [0.2, 0.25) is 0 Å². The molecule has 0 bridgehead atoms. The number of nitrogens with zero attached hydrogens (tertiary/aromatic N) is 4. The second-order valence-corrected chi connectivity index (χ2v) is 3.48. The largest absolute Gasteiger partial charge is 0.304 e. The molecule has 0 fully saturated rings. The molecule has 0 aliphatic heterocycles. The molecule has 84 valence electrons. The van der Waals surface area contributed by atoms with E-state index in [0.29, 0.717) is 5.69 Å². The molecule has 1 heterocycles. The number of aromatic nitrogens is 2. The van der Waals surface area contributed by atoms with E-state index in [2.05, 4.69) is 4.98 Å². The monoisotopic (exact) mass is 228 g/mol. The topological polar surface area (TPSA) is 84.8 Å². The Labute approximate surface area is 96.9 Å². The first kappa shape index (κ1) is 10.8. The van der Waals surface area contributed by atoms with E-state index in [9.17, 15) is 10.1 Å². The number of imidazole rings is 1. The Bertz CT molecular complexity index is 625. The number of nitriles is 1. The lowest BCUT2D eigenvalue weighted by molar-refractivity contribution is -0.385. The summed E-state index contributed by atoms with van der Waals surface area (Å²) in [6, 6.07) is 6.22. The number of hydrogen-bond acceptors (Lipinski definition) is 4. The van der Waals surface area contributed by atoms with Crippen LogP contribution in [0.4, 0.5) is 5.69 Å². The highest BCUT2D eigenvalue weighted by Crippen LogP contribution is 2.21. The first-order valence-corrected chi connectivity index (χ1v) is 4.81. The van der Waals surface area contributed by atoms with E-state index in [1.165, 1.54) is 12.1 Å².